The number of aromatic hydroxyl groups is 1. The van der Waals surface area contributed by atoms with Crippen molar-refractivity contribution in [2.45, 2.75) is 68.8 Å². The van der Waals surface area contributed by atoms with Gasteiger partial charge in [0.1, 0.15) is 18.4 Å². The second kappa shape index (κ2) is 13.9. The van der Waals surface area contributed by atoms with Crippen molar-refractivity contribution < 1.29 is 47.9 Å². The average Bonchev–Trinajstić information content (AvgIpc) is 3.64. The fourth-order valence-electron chi connectivity index (χ4n) is 8.94. The average molecular weight is 754 g/mol. The number of methoxy groups -OCH3 is 1. The summed E-state index contributed by atoms with van der Waals surface area (Å²) in [5.41, 5.74) is 4.92. The molecule has 0 radical (unpaired) electrons. The van der Waals surface area contributed by atoms with Crippen molar-refractivity contribution in [3.05, 3.63) is 81.4 Å². The summed E-state index contributed by atoms with van der Waals surface area (Å²) >= 11 is 1.32. The van der Waals surface area contributed by atoms with Gasteiger partial charge < -0.3 is 33.5 Å². The number of carbonyl (C=O) groups excluding carboxylic acids is 3. The second-order valence-electron chi connectivity index (χ2n) is 14.1. The second-order valence-corrected chi connectivity index (χ2v) is 15.2. The van der Waals surface area contributed by atoms with Crippen molar-refractivity contribution in [3.8, 4) is 34.8 Å². The number of rotatable bonds is 5. The van der Waals surface area contributed by atoms with Crippen molar-refractivity contribution >= 4 is 35.7 Å². The van der Waals surface area contributed by atoms with Crippen LogP contribution in [0.3, 0.4) is 0 Å². The number of thioether (sulfide) groups is 1. The number of hydrogen-bond donors (Lipinski definition) is 1. The molecule has 2 saturated heterocycles. The summed E-state index contributed by atoms with van der Waals surface area (Å²) in [4.78, 5) is 43.9. The molecular weight excluding hydrogens is 715 g/mol. The molecule has 1 unspecified atom stereocenters. The van der Waals surface area contributed by atoms with Gasteiger partial charge in [-0.3, -0.25) is 14.6 Å². The number of hydrogen-bond acceptors (Lipinski definition) is 14. The predicted octanol–water partition coefficient (Wildman–Crippen LogP) is 4.86. The molecule has 6 heterocycles. The minimum absolute atomic E-state index is 0.0156. The maximum Gasteiger partial charge on any atom is 0.348 e. The van der Waals surface area contributed by atoms with Gasteiger partial charge in [0, 0.05) is 53.1 Å². The molecular formula is C40H39N3O10S. The molecule has 0 aromatic heterocycles. The summed E-state index contributed by atoms with van der Waals surface area (Å²) in [7, 11) is 3.47. The third-order valence-electron chi connectivity index (χ3n) is 11.1. The summed E-state index contributed by atoms with van der Waals surface area (Å²) in [6.45, 7) is 4.67. The van der Waals surface area contributed by atoms with Crippen LogP contribution >= 0.6 is 11.8 Å². The van der Waals surface area contributed by atoms with Gasteiger partial charge in [-0.2, -0.15) is 5.26 Å². The number of piperazine rings is 1. The Morgan fingerprint density at radius 3 is 2.56 bits per heavy atom. The van der Waals surface area contributed by atoms with Crippen molar-refractivity contribution in [1.82, 2.24) is 9.80 Å². The molecule has 0 aliphatic carbocycles. The van der Waals surface area contributed by atoms with Gasteiger partial charge in [0.25, 0.3) is 0 Å². The Kier molecular flexibility index (Phi) is 9.20. The summed E-state index contributed by atoms with van der Waals surface area (Å²) in [5, 5.41) is 22.3. The minimum Gasteiger partial charge on any atom is -0.504 e. The van der Waals surface area contributed by atoms with Crippen LogP contribution in [0, 0.1) is 25.2 Å². The largest absolute Gasteiger partial charge is 0.504 e. The van der Waals surface area contributed by atoms with Gasteiger partial charge in [-0.05, 0) is 50.1 Å². The Morgan fingerprint density at radius 2 is 1.83 bits per heavy atom. The smallest absolute Gasteiger partial charge is 0.348 e. The molecule has 1 N–H and O–H groups in total. The van der Waals surface area contributed by atoms with Crippen LogP contribution in [-0.2, 0) is 30.3 Å². The van der Waals surface area contributed by atoms with Crippen LogP contribution in [0.25, 0.3) is 6.08 Å². The number of aryl methyl sites for hydroxylation is 1. The molecule has 0 amide bonds. The van der Waals surface area contributed by atoms with E-state index in [0.717, 1.165) is 16.7 Å². The molecule has 13 nitrogen and oxygen atoms in total. The number of ether oxygens (including phenoxy) is 6. The van der Waals surface area contributed by atoms with E-state index < -0.39 is 53.4 Å². The summed E-state index contributed by atoms with van der Waals surface area (Å²) in [6, 6.07) is 10.9. The number of benzene rings is 3. The van der Waals surface area contributed by atoms with E-state index in [4.69, 9.17) is 28.4 Å². The zero-order valence-electron chi connectivity index (χ0n) is 30.4. The number of fused-ring (bicyclic) bond motifs is 10. The molecule has 3 aromatic carbocycles. The molecule has 6 aliphatic heterocycles. The number of nitriles is 1. The SMILES string of the molecule is COc1c(C)cc2c(c1O)[C@H]1C3[C@@H]4SC[C@H](OC(=O)C=Cc5ccccc5)C(=O)OC[C@@H](c5c6c(c(C)c(OC(C)=O)c54)OCO6)N3[C@@H](C#N)[C@@H](C2)N1C. The molecule has 280 valence electrons. The monoisotopic (exact) mass is 753 g/mol. The highest BCUT2D eigenvalue weighted by Crippen LogP contribution is 2.64. The predicted molar refractivity (Wildman–Crippen MR) is 195 cm³/mol. The van der Waals surface area contributed by atoms with Gasteiger partial charge in [-0.15, -0.1) is 11.8 Å². The Morgan fingerprint density at radius 1 is 1.07 bits per heavy atom. The van der Waals surface area contributed by atoms with Crippen molar-refractivity contribution in [2.24, 2.45) is 0 Å². The fraction of sp³-hybridized carbons (Fsp3) is 0.400. The number of carbonyl (C=O) groups is 3. The van der Waals surface area contributed by atoms with E-state index in [1.54, 1.807) is 13.0 Å². The van der Waals surface area contributed by atoms with Crippen LogP contribution < -0.4 is 18.9 Å². The van der Waals surface area contributed by atoms with E-state index in [1.807, 2.05) is 50.4 Å². The third kappa shape index (κ3) is 5.64. The quantitative estimate of drug-likeness (QED) is 0.214. The van der Waals surface area contributed by atoms with E-state index in [9.17, 15) is 24.8 Å². The zero-order valence-corrected chi connectivity index (χ0v) is 31.2. The Hall–Kier alpha value is -5.23. The Labute approximate surface area is 316 Å². The van der Waals surface area contributed by atoms with Crippen molar-refractivity contribution in [2.75, 3.05) is 33.3 Å². The first-order valence-electron chi connectivity index (χ1n) is 17.7. The van der Waals surface area contributed by atoms with Crippen molar-refractivity contribution in [3.63, 3.8) is 0 Å². The van der Waals surface area contributed by atoms with E-state index in [1.165, 1.54) is 31.9 Å². The van der Waals surface area contributed by atoms with E-state index in [0.29, 0.717) is 45.9 Å². The highest BCUT2D eigenvalue weighted by molar-refractivity contribution is 7.99. The molecule has 3 aromatic rings. The highest BCUT2D eigenvalue weighted by atomic mass is 32.2. The van der Waals surface area contributed by atoms with Gasteiger partial charge in [-0.1, -0.05) is 36.4 Å². The normalized spacial score (nSPS) is 26.9. The lowest BCUT2D eigenvalue weighted by atomic mass is 9.71. The summed E-state index contributed by atoms with van der Waals surface area (Å²) in [6.07, 6.45) is 2.05. The molecule has 2 fully saturated rings. The topological polar surface area (TPSA) is 157 Å². The summed E-state index contributed by atoms with van der Waals surface area (Å²) < 4.78 is 35.6. The lowest BCUT2D eigenvalue weighted by Crippen LogP contribution is -2.69. The van der Waals surface area contributed by atoms with Gasteiger partial charge >= 0.3 is 17.9 Å². The molecule has 14 heteroatoms. The summed E-state index contributed by atoms with van der Waals surface area (Å²) in [5.74, 6) is -0.542. The fourth-order valence-corrected chi connectivity index (χ4v) is 10.4. The van der Waals surface area contributed by atoms with Crippen LogP contribution in [-0.4, -0.2) is 90.4 Å². The van der Waals surface area contributed by atoms with E-state index >= 15 is 0 Å². The number of phenolic OH excluding ortho intramolecular Hbond substituents is 1. The first-order valence-corrected chi connectivity index (χ1v) is 18.7. The highest BCUT2D eigenvalue weighted by Gasteiger charge is 2.60. The zero-order chi connectivity index (χ0) is 38.0. The molecule has 7 atom stereocenters. The molecule has 9 rings (SSSR count). The number of esters is 3. The van der Waals surface area contributed by atoms with Gasteiger partial charge in [-0.25, -0.2) is 9.59 Å². The number of nitrogens with zero attached hydrogens (tertiary/aromatic N) is 3. The van der Waals surface area contributed by atoms with Crippen LogP contribution in [0.15, 0.2) is 42.5 Å². The van der Waals surface area contributed by atoms with Gasteiger partial charge in [0.05, 0.1) is 30.5 Å². The van der Waals surface area contributed by atoms with Crippen LogP contribution in [0.5, 0.6) is 28.7 Å². The standard InChI is InChI=1S/C40H39N3O10S/c1-19-13-23-14-24-25(15-41)43-26-16-49-40(47)27(53-28(45)12-11-22-9-7-6-8-10-22)17-54-39(33(43)32(42(24)4)29(23)34(46)35(19)48-5)31-30(26)38-37(50-18-51-38)20(2)36(31)52-21(3)44/h6-13,24-27,32-33,39,46H,14,16-18H2,1-5H3/t24-,25+,26+,27+,32+,33?,39-/m1/s1. The van der Waals surface area contributed by atoms with Crippen LogP contribution in [0.2, 0.25) is 0 Å². The van der Waals surface area contributed by atoms with Crippen LogP contribution in [0.1, 0.15) is 63.2 Å². The first-order chi connectivity index (χ1) is 26.0. The molecule has 0 spiro atoms. The number of likely N-dealkylation sites (N-methyl/N-ethyl adjacent to an activating group) is 1. The van der Waals surface area contributed by atoms with E-state index in [2.05, 4.69) is 15.9 Å². The maximum atomic E-state index is 13.8. The Balaban J connectivity index is 1.32. The first kappa shape index (κ1) is 35.8. The van der Waals surface area contributed by atoms with Gasteiger partial charge in [0.2, 0.25) is 12.9 Å². The molecule has 6 aliphatic rings. The molecule has 4 bridgehead atoms. The molecule has 0 saturated carbocycles. The lowest BCUT2D eigenvalue weighted by Gasteiger charge is -2.61. The lowest BCUT2D eigenvalue weighted by molar-refractivity contribution is -0.167. The third-order valence-corrected chi connectivity index (χ3v) is 12.5. The number of phenols is 1. The van der Waals surface area contributed by atoms with Crippen molar-refractivity contribution in [1.29, 1.82) is 5.26 Å². The maximum absolute atomic E-state index is 13.8. The van der Waals surface area contributed by atoms with E-state index in [-0.39, 0.29) is 36.7 Å². The molecule has 54 heavy (non-hydrogen) atoms. The van der Waals surface area contributed by atoms with Crippen LogP contribution in [0.4, 0.5) is 0 Å². The Bertz CT molecular complexity index is 2130. The van der Waals surface area contributed by atoms with Gasteiger partial charge in [0.15, 0.2) is 23.0 Å². The minimum atomic E-state index is -1.29.